The highest BCUT2D eigenvalue weighted by Gasteiger charge is 2.34. The number of unbranched alkanes of at least 4 members (excludes halogenated alkanes) is 1. The van der Waals surface area contributed by atoms with E-state index in [0.29, 0.717) is 45.2 Å². The van der Waals surface area contributed by atoms with Crippen LogP contribution in [0.25, 0.3) is 10.4 Å². The molecule has 33 heavy (non-hydrogen) atoms. The Hall–Kier alpha value is -2.32. The Bertz CT molecular complexity index is 682. The molecule has 0 bridgehead atoms. The highest BCUT2D eigenvalue weighted by atomic mass is 16.6. The highest BCUT2D eigenvalue weighted by molar-refractivity contribution is 5.78. The van der Waals surface area contributed by atoms with Crippen molar-refractivity contribution in [3.63, 3.8) is 0 Å². The Labute approximate surface area is 196 Å². The molecule has 1 amide bonds. The number of aliphatic hydroxyl groups is 1. The van der Waals surface area contributed by atoms with Crippen LogP contribution in [0.2, 0.25) is 0 Å². The predicted octanol–water partition coefficient (Wildman–Crippen LogP) is 4.30. The number of aliphatic hydroxyl groups excluding tert-OH is 1. The average Bonchev–Trinajstić information content (AvgIpc) is 2.79. The summed E-state index contributed by atoms with van der Waals surface area (Å²) in [5.74, 6) is -1.04. The van der Waals surface area contributed by atoms with Crippen molar-refractivity contribution in [1.82, 2.24) is 5.32 Å². The van der Waals surface area contributed by atoms with Crippen molar-refractivity contribution in [2.45, 2.75) is 97.4 Å². The smallest absolute Gasteiger partial charge is 0.407 e. The molecule has 0 radical (unpaired) electrons. The Morgan fingerprint density at radius 1 is 1.24 bits per heavy atom. The topological polar surface area (TPSA) is 151 Å². The van der Waals surface area contributed by atoms with Crippen LogP contribution in [0.4, 0.5) is 4.79 Å². The number of hydrogen-bond donors (Lipinski definition) is 2. The molecule has 1 aliphatic heterocycles. The quantitative estimate of drug-likeness (QED) is 0.187. The molecular formula is C23H40N4O6. The lowest BCUT2D eigenvalue weighted by atomic mass is 9.84. The monoisotopic (exact) mass is 468 g/mol. The van der Waals surface area contributed by atoms with Gasteiger partial charge in [0.25, 0.3) is 0 Å². The second kappa shape index (κ2) is 15.5. The molecule has 0 spiro atoms. The summed E-state index contributed by atoms with van der Waals surface area (Å²) >= 11 is 0. The van der Waals surface area contributed by atoms with E-state index in [4.69, 9.17) is 15.0 Å². The molecule has 6 unspecified atom stereocenters. The molecule has 10 heteroatoms. The van der Waals surface area contributed by atoms with Gasteiger partial charge in [-0.15, -0.1) is 0 Å². The van der Waals surface area contributed by atoms with E-state index in [1.807, 2.05) is 20.8 Å². The van der Waals surface area contributed by atoms with E-state index in [0.717, 1.165) is 6.42 Å². The third kappa shape index (κ3) is 10.9. The van der Waals surface area contributed by atoms with Crippen LogP contribution < -0.4 is 5.32 Å². The number of carbonyl (C=O) groups excluding carboxylic acids is 3. The number of Topliss-reactive ketones (excluding diaryl/α,β-unsaturated/α-hetero) is 1. The molecule has 1 rings (SSSR count). The fourth-order valence-corrected chi connectivity index (χ4v) is 4.08. The van der Waals surface area contributed by atoms with E-state index < -0.39 is 36.3 Å². The number of hydrogen-bond acceptors (Lipinski definition) is 7. The maximum atomic E-state index is 12.7. The summed E-state index contributed by atoms with van der Waals surface area (Å²) in [6.45, 7) is 8.11. The van der Waals surface area contributed by atoms with Crippen molar-refractivity contribution >= 4 is 17.8 Å². The van der Waals surface area contributed by atoms with E-state index in [2.05, 4.69) is 15.3 Å². The maximum Gasteiger partial charge on any atom is 0.407 e. The molecule has 188 valence electrons. The molecule has 0 aromatic carbocycles. The van der Waals surface area contributed by atoms with Gasteiger partial charge in [0.05, 0.1) is 12.0 Å². The number of ketones is 1. The van der Waals surface area contributed by atoms with Gasteiger partial charge in [-0.05, 0) is 62.8 Å². The Morgan fingerprint density at radius 3 is 2.61 bits per heavy atom. The maximum absolute atomic E-state index is 12.7. The van der Waals surface area contributed by atoms with E-state index >= 15 is 0 Å². The van der Waals surface area contributed by atoms with Crippen LogP contribution in [0, 0.1) is 17.8 Å². The summed E-state index contributed by atoms with van der Waals surface area (Å²) in [6, 6.07) is 0. The molecule has 1 heterocycles. The van der Waals surface area contributed by atoms with Gasteiger partial charge in [-0.25, -0.2) is 4.79 Å². The summed E-state index contributed by atoms with van der Waals surface area (Å²) in [5, 5.41) is 16.7. The molecule has 0 aromatic rings. The van der Waals surface area contributed by atoms with Crippen LogP contribution in [0.1, 0.15) is 79.1 Å². The Balaban J connectivity index is 2.86. The van der Waals surface area contributed by atoms with Gasteiger partial charge < -0.3 is 19.9 Å². The zero-order valence-electron chi connectivity index (χ0n) is 20.4. The fraction of sp³-hybridized carbons (Fsp3) is 0.870. The van der Waals surface area contributed by atoms with Crippen molar-refractivity contribution in [3.8, 4) is 0 Å². The molecule has 1 aliphatic rings. The third-order valence-corrected chi connectivity index (χ3v) is 6.23. The number of amides is 1. The fourth-order valence-electron chi connectivity index (χ4n) is 4.08. The zero-order valence-corrected chi connectivity index (χ0v) is 20.4. The molecule has 1 saturated heterocycles. The summed E-state index contributed by atoms with van der Waals surface area (Å²) in [7, 11) is 0. The highest BCUT2D eigenvalue weighted by Crippen LogP contribution is 2.26. The van der Waals surface area contributed by atoms with E-state index in [9.17, 15) is 19.5 Å². The van der Waals surface area contributed by atoms with Gasteiger partial charge in [0, 0.05) is 30.8 Å². The number of ether oxygens (including phenoxy) is 2. The van der Waals surface area contributed by atoms with Crippen molar-refractivity contribution in [2.24, 2.45) is 22.9 Å². The van der Waals surface area contributed by atoms with E-state index in [1.54, 1.807) is 6.92 Å². The number of esters is 1. The normalized spacial score (nSPS) is 29.8. The van der Waals surface area contributed by atoms with Crippen LogP contribution >= 0.6 is 0 Å². The lowest BCUT2D eigenvalue weighted by Gasteiger charge is -2.30. The second-order valence-electron chi connectivity index (χ2n) is 9.13. The first-order valence-corrected chi connectivity index (χ1v) is 12.0. The minimum Gasteiger partial charge on any atom is -0.458 e. The van der Waals surface area contributed by atoms with Crippen molar-refractivity contribution in [1.29, 1.82) is 0 Å². The number of nitrogens with zero attached hydrogens (tertiary/aromatic N) is 3. The van der Waals surface area contributed by atoms with Crippen molar-refractivity contribution in [2.75, 3.05) is 13.1 Å². The molecule has 0 saturated carbocycles. The first-order chi connectivity index (χ1) is 15.7. The van der Waals surface area contributed by atoms with Crippen molar-refractivity contribution in [3.05, 3.63) is 10.4 Å². The molecule has 0 aromatic heterocycles. The molecular weight excluding hydrogens is 428 g/mol. The summed E-state index contributed by atoms with van der Waals surface area (Å²) in [6.07, 6.45) is 1.03. The van der Waals surface area contributed by atoms with E-state index in [-0.39, 0.29) is 30.5 Å². The van der Waals surface area contributed by atoms with Crippen LogP contribution in [0.15, 0.2) is 5.11 Å². The SMILES string of the molecule is CCC1OC(=O)C(C)C(O)C(C)CC(C)CCC(=O)CCC1OC(=O)NCCCCN=[N+]=[N-]. The summed E-state index contributed by atoms with van der Waals surface area (Å²) in [4.78, 5) is 40.2. The molecule has 10 nitrogen and oxygen atoms in total. The lowest BCUT2D eigenvalue weighted by Crippen LogP contribution is -2.41. The summed E-state index contributed by atoms with van der Waals surface area (Å²) < 4.78 is 11.2. The van der Waals surface area contributed by atoms with Crippen LogP contribution in [-0.4, -0.2) is 54.4 Å². The van der Waals surface area contributed by atoms with Crippen molar-refractivity contribution < 1.29 is 29.0 Å². The minimum absolute atomic E-state index is 0.0775. The van der Waals surface area contributed by atoms with Gasteiger partial charge in [0.1, 0.15) is 18.0 Å². The number of azide groups is 1. The number of carbonyl (C=O) groups is 3. The number of alkyl carbamates (subject to hydrolysis) is 1. The largest absolute Gasteiger partial charge is 0.458 e. The van der Waals surface area contributed by atoms with Gasteiger partial charge in [0.2, 0.25) is 0 Å². The van der Waals surface area contributed by atoms with Crippen LogP contribution in [0.3, 0.4) is 0 Å². The average molecular weight is 469 g/mol. The van der Waals surface area contributed by atoms with E-state index in [1.165, 1.54) is 0 Å². The zero-order chi connectivity index (χ0) is 24.8. The summed E-state index contributed by atoms with van der Waals surface area (Å²) in [5.41, 5.74) is 8.27. The predicted molar refractivity (Wildman–Crippen MR) is 123 cm³/mol. The first-order valence-electron chi connectivity index (χ1n) is 12.0. The number of cyclic esters (lactones) is 1. The minimum atomic E-state index is -0.857. The standard InChI is InChI=1S/C23H40N4O6/c1-5-19-20(33-23(31)25-12-6-7-13-26-27-24)11-10-18(28)9-8-15(2)14-16(3)21(29)17(4)22(30)32-19/h15-17,19-21,29H,5-14H2,1-4H3,(H,25,31). The molecule has 0 aliphatic carbocycles. The van der Waals surface area contributed by atoms with Crippen LogP contribution in [-0.2, 0) is 19.1 Å². The first kappa shape index (κ1) is 28.7. The van der Waals surface area contributed by atoms with Gasteiger partial charge >= 0.3 is 12.1 Å². The molecule has 2 N–H and O–H groups in total. The number of rotatable bonds is 7. The molecule has 6 atom stereocenters. The van der Waals surface area contributed by atoms with Gasteiger partial charge in [-0.1, -0.05) is 25.9 Å². The Kier molecular flexibility index (Phi) is 13.5. The Morgan fingerprint density at radius 2 is 1.94 bits per heavy atom. The lowest BCUT2D eigenvalue weighted by molar-refractivity contribution is -0.165. The second-order valence-corrected chi connectivity index (χ2v) is 9.13. The van der Waals surface area contributed by atoms with Gasteiger partial charge in [-0.2, -0.15) is 0 Å². The van der Waals surface area contributed by atoms with Crippen LogP contribution in [0.5, 0.6) is 0 Å². The van der Waals surface area contributed by atoms with Gasteiger partial charge in [0.15, 0.2) is 0 Å². The van der Waals surface area contributed by atoms with Gasteiger partial charge in [-0.3, -0.25) is 9.59 Å². The third-order valence-electron chi connectivity index (χ3n) is 6.23. The molecule has 1 fully saturated rings. The number of nitrogens with one attached hydrogen (secondary N) is 1.